The summed E-state index contributed by atoms with van der Waals surface area (Å²) in [4.78, 5) is 19.5. The second-order valence-electron chi connectivity index (χ2n) is 6.42. The molecule has 4 rings (SSSR count). The number of benzene rings is 2. The maximum atomic E-state index is 13.6. The number of anilines is 1. The minimum Gasteiger partial charge on any atom is -0.336 e. The van der Waals surface area contributed by atoms with Crippen LogP contribution in [-0.2, 0) is 12.7 Å². The Balaban J connectivity index is 1.44. The first-order valence-electron chi connectivity index (χ1n) is 8.97. The summed E-state index contributed by atoms with van der Waals surface area (Å²) in [5.74, 6) is -2.19. The Morgan fingerprint density at radius 1 is 1.16 bits per heavy atom. The van der Waals surface area contributed by atoms with Crippen molar-refractivity contribution in [2.75, 3.05) is 11.9 Å². The maximum absolute atomic E-state index is 13.6. The van der Waals surface area contributed by atoms with Gasteiger partial charge in [-0.1, -0.05) is 17.3 Å². The van der Waals surface area contributed by atoms with Crippen molar-refractivity contribution in [2.24, 2.45) is 0 Å². The Hall–Kier alpha value is -3.96. The van der Waals surface area contributed by atoms with Gasteiger partial charge in [-0.25, -0.2) is 14.2 Å². The van der Waals surface area contributed by atoms with E-state index in [0.717, 1.165) is 0 Å². The summed E-state index contributed by atoms with van der Waals surface area (Å²) in [6.45, 7) is 0.501. The van der Waals surface area contributed by atoms with Crippen molar-refractivity contribution in [1.29, 1.82) is 0 Å². The number of rotatable bonds is 5. The van der Waals surface area contributed by atoms with E-state index in [1.807, 2.05) is 0 Å². The van der Waals surface area contributed by atoms with E-state index in [1.54, 1.807) is 22.8 Å². The fourth-order valence-corrected chi connectivity index (χ4v) is 2.85. The summed E-state index contributed by atoms with van der Waals surface area (Å²) < 4.78 is 57.6. The number of halogens is 4. The van der Waals surface area contributed by atoms with Gasteiger partial charge in [-0.3, -0.25) is 0 Å². The zero-order chi connectivity index (χ0) is 22.0. The highest BCUT2D eigenvalue weighted by atomic mass is 19.4. The molecule has 0 bridgehead atoms. The number of aromatic nitrogens is 4. The average Bonchev–Trinajstić information content (AvgIpc) is 3.37. The number of hydrogen-bond donors (Lipinski definition) is 2. The number of alkyl halides is 3. The Labute approximate surface area is 171 Å². The van der Waals surface area contributed by atoms with Crippen LogP contribution in [0.5, 0.6) is 0 Å². The van der Waals surface area contributed by atoms with Gasteiger partial charge in [0.2, 0.25) is 5.82 Å². The molecule has 2 N–H and O–H groups in total. The zero-order valence-electron chi connectivity index (χ0n) is 15.7. The van der Waals surface area contributed by atoms with Crippen LogP contribution in [0, 0.1) is 5.82 Å². The fraction of sp³-hybridized carbons (Fsp3) is 0.158. The van der Waals surface area contributed by atoms with Crippen molar-refractivity contribution in [1.82, 2.24) is 25.0 Å². The second kappa shape index (κ2) is 8.05. The molecule has 2 aromatic carbocycles. The van der Waals surface area contributed by atoms with Gasteiger partial charge >= 0.3 is 18.1 Å². The molecule has 0 aliphatic heterocycles. The number of urea groups is 1. The van der Waals surface area contributed by atoms with E-state index in [1.165, 1.54) is 30.6 Å². The van der Waals surface area contributed by atoms with E-state index in [9.17, 15) is 22.4 Å². The number of para-hydroxylation sites is 1. The normalized spacial score (nSPS) is 11.6. The third kappa shape index (κ3) is 4.47. The van der Waals surface area contributed by atoms with E-state index in [4.69, 9.17) is 0 Å². The molecule has 8 nitrogen and oxygen atoms in total. The number of imidazole rings is 1. The molecular formula is C19H14F4N6O2. The first kappa shape index (κ1) is 20.3. The number of fused-ring (bicyclic) bond motifs is 1. The van der Waals surface area contributed by atoms with Crippen molar-refractivity contribution in [3.05, 3.63) is 60.5 Å². The summed E-state index contributed by atoms with van der Waals surface area (Å²) in [6, 6.07) is 9.90. The molecule has 31 heavy (non-hydrogen) atoms. The molecule has 0 fully saturated rings. The highest BCUT2D eigenvalue weighted by Gasteiger charge is 2.38. The van der Waals surface area contributed by atoms with Gasteiger partial charge in [0.05, 0.1) is 23.0 Å². The lowest BCUT2D eigenvalue weighted by Crippen LogP contribution is -2.31. The standard InChI is InChI=1S/C19H14F4N6O2/c20-12-3-1-2-4-13(12)26-18(30)24-7-8-29-10-25-14-6-5-11(9-15(14)29)16-27-17(31-28-16)19(21,22)23/h1-6,9-10H,7-8H2,(H2,24,26,30). The van der Waals surface area contributed by atoms with Crippen LogP contribution in [0.2, 0.25) is 0 Å². The van der Waals surface area contributed by atoms with E-state index < -0.39 is 23.9 Å². The monoisotopic (exact) mass is 434 g/mol. The zero-order valence-corrected chi connectivity index (χ0v) is 15.7. The molecule has 2 aromatic heterocycles. The molecule has 0 saturated heterocycles. The van der Waals surface area contributed by atoms with Crippen LogP contribution in [0.4, 0.5) is 28.0 Å². The molecule has 2 heterocycles. The van der Waals surface area contributed by atoms with Gasteiger partial charge in [0.1, 0.15) is 5.82 Å². The van der Waals surface area contributed by atoms with Crippen LogP contribution < -0.4 is 10.6 Å². The number of nitrogens with zero attached hydrogens (tertiary/aromatic N) is 4. The third-order valence-corrected chi connectivity index (χ3v) is 4.31. The van der Waals surface area contributed by atoms with Crippen molar-refractivity contribution in [3.8, 4) is 11.4 Å². The van der Waals surface area contributed by atoms with Gasteiger partial charge in [-0.2, -0.15) is 18.2 Å². The molecular weight excluding hydrogens is 420 g/mol. The smallest absolute Gasteiger partial charge is 0.336 e. The van der Waals surface area contributed by atoms with Crippen LogP contribution in [-0.4, -0.2) is 32.3 Å². The molecule has 0 saturated carbocycles. The van der Waals surface area contributed by atoms with Crippen molar-refractivity contribution in [3.63, 3.8) is 0 Å². The summed E-state index contributed by atoms with van der Waals surface area (Å²) in [6.07, 6.45) is -3.20. The number of amides is 2. The van der Waals surface area contributed by atoms with Gasteiger partial charge in [-0.15, -0.1) is 0 Å². The average molecular weight is 434 g/mol. The van der Waals surface area contributed by atoms with Gasteiger partial charge in [0.15, 0.2) is 0 Å². The van der Waals surface area contributed by atoms with E-state index >= 15 is 0 Å². The minimum absolute atomic E-state index is 0.0519. The molecule has 2 amide bonds. The second-order valence-corrected chi connectivity index (χ2v) is 6.42. The van der Waals surface area contributed by atoms with Crippen LogP contribution >= 0.6 is 0 Å². The first-order valence-corrected chi connectivity index (χ1v) is 8.97. The Morgan fingerprint density at radius 3 is 2.71 bits per heavy atom. The highest BCUT2D eigenvalue weighted by Crippen LogP contribution is 2.30. The van der Waals surface area contributed by atoms with Gasteiger partial charge in [0, 0.05) is 18.7 Å². The predicted octanol–water partition coefficient (Wildman–Crippen LogP) is 4.07. The molecule has 4 aromatic rings. The van der Waals surface area contributed by atoms with E-state index in [0.29, 0.717) is 23.1 Å². The van der Waals surface area contributed by atoms with Crippen LogP contribution in [0.1, 0.15) is 5.89 Å². The van der Waals surface area contributed by atoms with Gasteiger partial charge < -0.3 is 19.7 Å². The van der Waals surface area contributed by atoms with E-state index in [-0.39, 0.29) is 18.1 Å². The van der Waals surface area contributed by atoms with E-state index in [2.05, 4.69) is 30.3 Å². The summed E-state index contributed by atoms with van der Waals surface area (Å²) in [5, 5.41) is 8.38. The number of carbonyl (C=O) groups is 1. The SMILES string of the molecule is O=C(NCCn1cnc2ccc(-c3noc(C(F)(F)F)n3)cc21)Nc1ccccc1F. The quantitative estimate of drug-likeness (QED) is 0.462. The molecule has 0 atom stereocenters. The largest absolute Gasteiger partial charge is 0.471 e. The molecule has 0 radical (unpaired) electrons. The van der Waals surface area contributed by atoms with Crippen molar-refractivity contribution in [2.45, 2.75) is 12.7 Å². The summed E-state index contributed by atoms with van der Waals surface area (Å²) in [5.41, 5.74) is 1.57. The predicted molar refractivity (Wildman–Crippen MR) is 101 cm³/mol. The fourth-order valence-electron chi connectivity index (χ4n) is 2.85. The summed E-state index contributed by atoms with van der Waals surface area (Å²) >= 11 is 0. The Morgan fingerprint density at radius 2 is 1.97 bits per heavy atom. The molecule has 160 valence electrons. The molecule has 0 aliphatic rings. The highest BCUT2D eigenvalue weighted by molar-refractivity contribution is 5.89. The Kier molecular flexibility index (Phi) is 5.28. The van der Waals surface area contributed by atoms with Crippen LogP contribution in [0.15, 0.2) is 53.3 Å². The summed E-state index contributed by atoms with van der Waals surface area (Å²) in [7, 11) is 0. The lowest BCUT2D eigenvalue weighted by Gasteiger charge is -2.09. The number of nitrogens with one attached hydrogen (secondary N) is 2. The van der Waals surface area contributed by atoms with Crippen LogP contribution in [0.3, 0.4) is 0 Å². The number of hydrogen-bond acceptors (Lipinski definition) is 5. The lowest BCUT2D eigenvalue weighted by molar-refractivity contribution is -0.159. The molecule has 12 heteroatoms. The van der Waals surface area contributed by atoms with Gasteiger partial charge in [-0.05, 0) is 30.3 Å². The minimum atomic E-state index is -4.73. The van der Waals surface area contributed by atoms with Crippen molar-refractivity contribution >= 4 is 22.8 Å². The molecule has 0 aliphatic carbocycles. The topological polar surface area (TPSA) is 97.9 Å². The van der Waals surface area contributed by atoms with Crippen LogP contribution in [0.25, 0.3) is 22.4 Å². The molecule has 0 unspecified atom stereocenters. The lowest BCUT2D eigenvalue weighted by atomic mass is 10.2. The maximum Gasteiger partial charge on any atom is 0.471 e. The third-order valence-electron chi connectivity index (χ3n) is 4.31. The van der Waals surface area contributed by atoms with Gasteiger partial charge in [0.25, 0.3) is 0 Å². The number of carbonyl (C=O) groups excluding carboxylic acids is 1. The van der Waals surface area contributed by atoms with Crippen molar-refractivity contribution < 1.29 is 26.9 Å². The first-order chi connectivity index (χ1) is 14.8. The Bertz CT molecular complexity index is 1230. The molecule has 0 spiro atoms.